The Morgan fingerprint density at radius 1 is 1.28 bits per heavy atom. The minimum atomic E-state index is 0.212. The number of rotatable bonds is 3. The minimum Gasteiger partial charge on any atom is -0.398 e. The fourth-order valence-corrected chi connectivity index (χ4v) is 2.22. The second kappa shape index (κ2) is 5.71. The molecule has 18 heavy (non-hydrogen) atoms. The van der Waals surface area contributed by atoms with E-state index in [1.807, 2.05) is 12.1 Å². The Hall–Kier alpha value is -1.77. The van der Waals surface area contributed by atoms with Gasteiger partial charge in [-0.05, 0) is 18.2 Å². The lowest BCUT2D eigenvalue weighted by atomic mass is 10.1. The zero-order valence-electron chi connectivity index (χ0n) is 10.3. The van der Waals surface area contributed by atoms with Crippen LogP contribution in [0.15, 0.2) is 18.2 Å². The van der Waals surface area contributed by atoms with Crippen LogP contribution in [-0.4, -0.2) is 49.3 Å². The van der Waals surface area contributed by atoms with Crippen molar-refractivity contribution in [2.75, 3.05) is 50.0 Å². The van der Waals surface area contributed by atoms with E-state index in [-0.39, 0.29) is 6.61 Å². The summed E-state index contributed by atoms with van der Waals surface area (Å²) in [6, 6.07) is 7.64. The van der Waals surface area contributed by atoms with Gasteiger partial charge in [-0.3, -0.25) is 4.90 Å². The zero-order chi connectivity index (χ0) is 13.0. The van der Waals surface area contributed by atoms with E-state index < -0.39 is 0 Å². The molecule has 0 atom stereocenters. The highest BCUT2D eigenvalue weighted by Gasteiger charge is 2.17. The van der Waals surface area contributed by atoms with Gasteiger partial charge in [-0.1, -0.05) is 0 Å². The van der Waals surface area contributed by atoms with Crippen LogP contribution in [0.4, 0.5) is 11.4 Å². The van der Waals surface area contributed by atoms with Crippen molar-refractivity contribution in [3.63, 3.8) is 0 Å². The average Bonchev–Trinajstić information content (AvgIpc) is 2.40. The number of hydrogen-bond acceptors (Lipinski definition) is 5. The molecule has 0 amide bonds. The summed E-state index contributed by atoms with van der Waals surface area (Å²) in [5, 5.41) is 17.7. The molecule has 3 N–H and O–H groups in total. The van der Waals surface area contributed by atoms with Gasteiger partial charge in [0.1, 0.15) is 6.07 Å². The van der Waals surface area contributed by atoms with Crippen LogP contribution < -0.4 is 10.6 Å². The van der Waals surface area contributed by atoms with E-state index in [2.05, 4.69) is 15.9 Å². The van der Waals surface area contributed by atoms with E-state index in [9.17, 15) is 0 Å². The molecule has 1 fully saturated rings. The van der Waals surface area contributed by atoms with Crippen molar-refractivity contribution in [3.8, 4) is 6.07 Å². The van der Waals surface area contributed by atoms with Crippen molar-refractivity contribution >= 4 is 11.4 Å². The molecule has 0 aliphatic carbocycles. The maximum absolute atomic E-state index is 8.89. The van der Waals surface area contributed by atoms with Crippen LogP contribution in [0.25, 0.3) is 0 Å². The summed E-state index contributed by atoms with van der Waals surface area (Å²) in [5.74, 6) is 0. The standard InChI is InChI=1S/C13H18N4O/c14-10-11-1-2-12(9-13(11)15)17-5-3-16(4-6-17)7-8-18/h1-2,9,18H,3-8,15H2. The number of nitriles is 1. The fraction of sp³-hybridized carbons (Fsp3) is 0.462. The first-order valence-corrected chi connectivity index (χ1v) is 6.12. The molecule has 1 aliphatic rings. The van der Waals surface area contributed by atoms with Gasteiger partial charge in [-0.2, -0.15) is 5.26 Å². The molecule has 0 unspecified atom stereocenters. The lowest BCUT2D eigenvalue weighted by Crippen LogP contribution is -2.47. The third-order valence-corrected chi connectivity index (χ3v) is 3.31. The van der Waals surface area contributed by atoms with E-state index >= 15 is 0 Å². The summed E-state index contributed by atoms with van der Waals surface area (Å²) in [5.41, 5.74) is 7.95. The van der Waals surface area contributed by atoms with Crippen molar-refractivity contribution in [1.29, 1.82) is 5.26 Å². The Morgan fingerprint density at radius 2 is 2.00 bits per heavy atom. The highest BCUT2D eigenvalue weighted by Crippen LogP contribution is 2.22. The van der Waals surface area contributed by atoms with E-state index in [1.54, 1.807) is 6.07 Å². The molecular weight excluding hydrogens is 228 g/mol. The maximum Gasteiger partial charge on any atom is 0.101 e. The van der Waals surface area contributed by atoms with E-state index in [1.165, 1.54) is 0 Å². The van der Waals surface area contributed by atoms with Gasteiger partial charge in [0.15, 0.2) is 0 Å². The number of benzene rings is 1. The predicted octanol–water partition coefficient (Wildman–Crippen LogP) is 0.255. The number of aliphatic hydroxyl groups excluding tert-OH is 1. The lowest BCUT2D eigenvalue weighted by molar-refractivity contribution is 0.189. The molecule has 1 aliphatic heterocycles. The molecule has 96 valence electrons. The number of nitrogens with zero attached hydrogens (tertiary/aromatic N) is 3. The van der Waals surface area contributed by atoms with Crippen molar-refractivity contribution in [2.45, 2.75) is 0 Å². The molecule has 1 aromatic rings. The van der Waals surface area contributed by atoms with Crippen LogP contribution in [0.3, 0.4) is 0 Å². The van der Waals surface area contributed by atoms with Crippen LogP contribution in [0.2, 0.25) is 0 Å². The molecule has 0 spiro atoms. The second-order valence-corrected chi connectivity index (χ2v) is 4.44. The molecule has 0 saturated carbocycles. The predicted molar refractivity (Wildman–Crippen MR) is 71.3 cm³/mol. The number of β-amino-alcohol motifs (C(OH)–C–C–N with tert-alkyl or cyclic N) is 1. The van der Waals surface area contributed by atoms with E-state index in [0.29, 0.717) is 11.3 Å². The van der Waals surface area contributed by atoms with Gasteiger partial charge in [0.25, 0.3) is 0 Å². The number of anilines is 2. The third kappa shape index (κ3) is 2.73. The molecule has 1 saturated heterocycles. The van der Waals surface area contributed by atoms with Crippen LogP contribution >= 0.6 is 0 Å². The van der Waals surface area contributed by atoms with Gasteiger partial charge in [-0.15, -0.1) is 0 Å². The second-order valence-electron chi connectivity index (χ2n) is 4.44. The van der Waals surface area contributed by atoms with Crippen molar-refractivity contribution in [1.82, 2.24) is 4.90 Å². The van der Waals surface area contributed by atoms with Crippen LogP contribution in [0.5, 0.6) is 0 Å². The highest BCUT2D eigenvalue weighted by molar-refractivity contribution is 5.63. The van der Waals surface area contributed by atoms with Crippen molar-refractivity contribution < 1.29 is 5.11 Å². The molecule has 0 aromatic heterocycles. The summed E-state index contributed by atoms with van der Waals surface area (Å²) < 4.78 is 0. The first-order chi connectivity index (χ1) is 8.74. The van der Waals surface area contributed by atoms with Crippen molar-refractivity contribution in [2.24, 2.45) is 0 Å². The Bertz CT molecular complexity index is 447. The molecule has 1 heterocycles. The van der Waals surface area contributed by atoms with Gasteiger partial charge in [0.2, 0.25) is 0 Å². The first-order valence-electron chi connectivity index (χ1n) is 6.12. The average molecular weight is 246 g/mol. The van der Waals surface area contributed by atoms with Gasteiger partial charge in [0, 0.05) is 38.4 Å². The molecular formula is C13H18N4O. The van der Waals surface area contributed by atoms with Gasteiger partial charge in [-0.25, -0.2) is 0 Å². The molecule has 5 nitrogen and oxygen atoms in total. The smallest absolute Gasteiger partial charge is 0.101 e. The van der Waals surface area contributed by atoms with E-state index in [0.717, 1.165) is 38.4 Å². The molecule has 1 aromatic carbocycles. The van der Waals surface area contributed by atoms with Crippen LogP contribution in [-0.2, 0) is 0 Å². The fourth-order valence-electron chi connectivity index (χ4n) is 2.22. The minimum absolute atomic E-state index is 0.212. The zero-order valence-corrected chi connectivity index (χ0v) is 10.3. The van der Waals surface area contributed by atoms with Crippen LogP contribution in [0, 0.1) is 11.3 Å². The van der Waals surface area contributed by atoms with Gasteiger partial charge in [0.05, 0.1) is 17.9 Å². The molecule has 2 rings (SSSR count). The maximum atomic E-state index is 8.89. The number of piperazine rings is 1. The SMILES string of the molecule is N#Cc1ccc(N2CCN(CCO)CC2)cc1N. The van der Waals surface area contributed by atoms with Gasteiger partial charge >= 0.3 is 0 Å². The van der Waals surface area contributed by atoms with E-state index in [4.69, 9.17) is 16.1 Å². The first kappa shape index (κ1) is 12.7. The number of nitrogens with two attached hydrogens (primary N) is 1. The number of hydrogen-bond donors (Lipinski definition) is 2. The monoisotopic (exact) mass is 246 g/mol. The van der Waals surface area contributed by atoms with Crippen molar-refractivity contribution in [3.05, 3.63) is 23.8 Å². The highest BCUT2D eigenvalue weighted by atomic mass is 16.3. The largest absolute Gasteiger partial charge is 0.398 e. The normalized spacial score (nSPS) is 16.6. The quantitative estimate of drug-likeness (QED) is 0.748. The third-order valence-electron chi connectivity index (χ3n) is 3.31. The van der Waals surface area contributed by atoms with Gasteiger partial charge < -0.3 is 15.7 Å². The summed E-state index contributed by atoms with van der Waals surface area (Å²) in [6.07, 6.45) is 0. The Labute approximate surface area is 107 Å². The number of nitrogen functional groups attached to an aromatic ring is 1. The summed E-state index contributed by atoms with van der Waals surface area (Å²) in [7, 11) is 0. The topological polar surface area (TPSA) is 76.5 Å². The Morgan fingerprint density at radius 3 is 2.56 bits per heavy atom. The summed E-state index contributed by atoms with van der Waals surface area (Å²) >= 11 is 0. The molecule has 5 heteroatoms. The summed E-state index contributed by atoms with van der Waals surface area (Å²) in [6.45, 7) is 4.69. The van der Waals surface area contributed by atoms with Crippen LogP contribution in [0.1, 0.15) is 5.56 Å². The lowest BCUT2D eigenvalue weighted by Gasteiger charge is -2.35. The Kier molecular flexibility index (Phi) is 4.03. The molecule has 0 bridgehead atoms. The number of aliphatic hydroxyl groups is 1. The summed E-state index contributed by atoms with van der Waals surface area (Å²) in [4.78, 5) is 4.49. The Balaban J connectivity index is 2.02. The molecule has 0 radical (unpaired) electrons.